The Morgan fingerprint density at radius 1 is 0.900 bits per heavy atom. The lowest BCUT2D eigenvalue weighted by Gasteiger charge is -2.16. The molecule has 0 fully saturated rings. The SMILES string of the molecule is Brc1cc(Br)cc(C(Br)c2cc(Br)cc3c2OCC3)c1. The van der Waals surface area contributed by atoms with Gasteiger partial charge in [-0.3, -0.25) is 0 Å². The van der Waals surface area contributed by atoms with E-state index >= 15 is 0 Å². The van der Waals surface area contributed by atoms with Gasteiger partial charge in [0, 0.05) is 25.4 Å². The van der Waals surface area contributed by atoms with Gasteiger partial charge in [0.05, 0.1) is 11.4 Å². The number of hydrogen-bond acceptors (Lipinski definition) is 1. The first-order valence-electron chi connectivity index (χ1n) is 6.10. The summed E-state index contributed by atoms with van der Waals surface area (Å²) >= 11 is 14.5. The van der Waals surface area contributed by atoms with E-state index in [1.165, 1.54) is 11.1 Å². The molecule has 1 aliphatic heterocycles. The van der Waals surface area contributed by atoms with Gasteiger partial charge in [0.2, 0.25) is 0 Å². The Balaban J connectivity index is 2.08. The lowest BCUT2D eigenvalue weighted by molar-refractivity contribution is 0.354. The molecule has 0 radical (unpaired) electrons. The number of ether oxygens (including phenoxy) is 1. The van der Waals surface area contributed by atoms with Crippen LogP contribution in [0.4, 0.5) is 0 Å². The van der Waals surface area contributed by atoms with Crippen molar-refractivity contribution in [3.05, 3.63) is 60.4 Å². The molecule has 5 heteroatoms. The number of fused-ring (bicyclic) bond motifs is 1. The number of benzene rings is 2. The van der Waals surface area contributed by atoms with Crippen molar-refractivity contribution in [2.45, 2.75) is 11.2 Å². The highest BCUT2D eigenvalue weighted by Gasteiger charge is 2.23. The van der Waals surface area contributed by atoms with Crippen LogP contribution in [0.1, 0.15) is 21.5 Å². The van der Waals surface area contributed by atoms with Crippen LogP contribution in [0.5, 0.6) is 5.75 Å². The van der Waals surface area contributed by atoms with Crippen molar-refractivity contribution in [3.8, 4) is 5.75 Å². The molecule has 0 aromatic heterocycles. The highest BCUT2D eigenvalue weighted by Crippen LogP contribution is 2.43. The Morgan fingerprint density at radius 3 is 2.25 bits per heavy atom. The van der Waals surface area contributed by atoms with Crippen molar-refractivity contribution in [3.63, 3.8) is 0 Å². The molecule has 104 valence electrons. The highest BCUT2D eigenvalue weighted by molar-refractivity contribution is 9.11. The summed E-state index contributed by atoms with van der Waals surface area (Å²) in [7, 11) is 0. The predicted octanol–water partition coefficient (Wildman–Crippen LogP) is 6.39. The fraction of sp³-hybridized carbons (Fsp3) is 0.200. The molecule has 0 aliphatic carbocycles. The zero-order valence-corrected chi connectivity index (χ0v) is 16.6. The smallest absolute Gasteiger partial charge is 0.127 e. The number of alkyl halides is 1. The molecule has 1 atom stereocenters. The minimum atomic E-state index is 0.0978. The van der Waals surface area contributed by atoms with E-state index in [9.17, 15) is 0 Å². The summed E-state index contributed by atoms with van der Waals surface area (Å²) in [6, 6.07) is 10.5. The topological polar surface area (TPSA) is 9.23 Å². The second kappa shape index (κ2) is 6.11. The van der Waals surface area contributed by atoms with Crippen LogP contribution in [-0.2, 0) is 6.42 Å². The molecule has 0 N–H and O–H groups in total. The van der Waals surface area contributed by atoms with E-state index in [-0.39, 0.29) is 4.83 Å². The molecule has 20 heavy (non-hydrogen) atoms. The van der Waals surface area contributed by atoms with Crippen LogP contribution in [0.3, 0.4) is 0 Å². The maximum Gasteiger partial charge on any atom is 0.127 e. The van der Waals surface area contributed by atoms with Gasteiger partial charge in [-0.05, 0) is 41.5 Å². The Morgan fingerprint density at radius 2 is 1.55 bits per heavy atom. The van der Waals surface area contributed by atoms with Gasteiger partial charge in [-0.1, -0.05) is 63.7 Å². The largest absolute Gasteiger partial charge is 0.493 e. The van der Waals surface area contributed by atoms with E-state index in [0.717, 1.165) is 37.8 Å². The quantitative estimate of drug-likeness (QED) is 0.413. The van der Waals surface area contributed by atoms with Gasteiger partial charge >= 0.3 is 0 Å². The third-order valence-corrected chi connectivity index (χ3v) is 5.62. The second-order valence-corrected chi connectivity index (χ2v) is 8.31. The van der Waals surface area contributed by atoms with E-state index in [0.29, 0.717) is 0 Å². The van der Waals surface area contributed by atoms with Gasteiger partial charge in [0.25, 0.3) is 0 Å². The number of halogens is 4. The Hall–Kier alpha value is 0.160. The van der Waals surface area contributed by atoms with Crippen molar-refractivity contribution >= 4 is 63.7 Å². The van der Waals surface area contributed by atoms with Crippen LogP contribution in [0.2, 0.25) is 0 Å². The molecule has 2 aromatic carbocycles. The van der Waals surface area contributed by atoms with Gasteiger partial charge in [-0.25, -0.2) is 0 Å². The summed E-state index contributed by atoms with van der Waals surface area (Å²) in [4.78, 5) is 0.0978. The highest BCUT2D eigenvalue weighted by atomic mass is 79.9. The van der Waals surface area contributed by atoms with E-state index in [1.54, 1.807) is 0 Å². The van der Waals surface area contributed by atoms with Crippen molar-refractivity contribution < 1.29 is 4.74 Å². The van der Waals surface area contributed by atoms with Crippen molar-refractivity contribution in [2.75, 3.05) is 6.61 Å². The van der Waals surface area contributed by atoms with Gasteiger partial charge < -0.3 is 4.74 Å². The summed E-state index contributed by atoms with van der Waals surface area (Å²) < 4.78 is 9.02. The summed E-state index contributed by atoms with van der Waals surface area (Å²) in [5.74, 6) is 1.02. The van der Waals surface area contributed by atoms with Gasteiger partial charge in [-0.15, -0.1) is 0 Å². The maximum atomic E-state index is 5.81. The molecule has 0 spiro atoms. The van der Waals surface area contributed by atoms with Gasteiger partial charge in [0.15, 0.2) is 0 Å². The molecule has 0 saturated heterocycles. The minimum Gasteiger partial charge on any atom is -0.493 e. The molecule has 0 bridgehead atoms. The number of hydrogen-bond donors (Lipinski definition) is 0. The lowest BCUT2D eigenvalue weighted by Crippen LogP contribution is -1.97. The van der Waals surface area contributed by atoms with Crippen LogP contribution in [0, 0.1) is 0 Å². The van der Waals surface area contributed by atoms with E-state index in [4.69, 9.17) is 4.74 Å². The molecule has 2 aromatic rings. The lowest BCUT2D eigenvalue weighted by atomic mass is 10.0. The molecule has 1 aliphatic rings. The summed E-state index contributed by atoms with van der Waals surface area (Å²) in [5.41, 5.74) is 3.62. The van der Waals surface area contributed by atoms with Crippen molar-refractivity contribution in [1.29, 1.82) is 0 Å². The summed E-state index contributed by atoms with van der Waals surface area (Å²) in [5, 5.41) is 0. The van der Waals surface area contributed by atoms with Gasteiger partial charge in [0.1, 0.15) is 5.75 Å². The minimum absolute atomic E-state index is 0.0978. The third-order valence-electron chi connectivity index (χ3n) is 3.23. The second-order valence-electron chi connectivity index (χ2n) is 4.65. The van der Waals surface area contributed by atoms with E-state index in [2.05, 4.69) is 88.0 Å². The van der Waals surface area contributed by atoms with E-state index < -0.39 is 0 Å². The third kappa shape index (κ3) is 3.01. The predicted molar refractivity (Wildman–Crippen MR) is 96.0 cm³/mol. The Kier molecular flexibility index (Phi) is 4.60. The molecule has 3 rings (SSSR count). The molecule has 0 amide bonds. The van der Waals surface area contributed by atoms with Crippen molar-refractivity contribution in [2.24, 2.45) is 0 Å². The van der Waals surface area contributed by atoms with Crippen LogP contribution in [-0.4, -0.2) is 6.61 Å². The standard InChI is InChI=1S/C15H10Br4O/c16-10-4-9(5-11(17)6-10)14(19)13-7-12(18)3-8-1-2-20-15(8)13/h3-7,14H,1-2H2. The number of rotatable bonds is 2. The Labute approximate surface area is 151 Å². The summed E-state index contributed by atoms with van der Waals surface area (Å²) in [6.45, 7) is 0.765. The normalized spacial score (nSPS) is 14.8. The fourth-order valence-electron chi connectivity index (χ4n) is 2.39. The van der Waals surface area contributed by atoms with Crippen LogP contribution in [0.25, 0.3) is 0 Å². The first-order chi connectivity index (χ1) is 9.54. The molecule has 1 unspecified atom stereocenters. The summed E-state index contributed by atoms with van der Waals surface area (Å²) in [6.07, 6.45) is 0.976. The van der Waals surface area contributed by atoms with Crippen molar-refractivity contribution in [1.82, 2.24) is 0 Å². The average molecular weight is 526 g/mol. The Bertz CT molecular complexity index is 649. The molecule has 1 nitrogen and oxygen atoms in total. The van der Waals surface area contributed by atoms with Gasteiger partial charge in [-0.2, -0.15) is 0 Å². The molecular formula is C15H10Br4O. The first-order valence-corrected chi connectivity index (χ1v) is 9.39. The molecular weight excluding hydrogens is 516 g/mol. The fourth-order valence-corrected chi connectivity index (χ4v) is 4.84. The monoisotopic (exact) mass is 522 g/mol. The van der Waals surface area contributed by atoms with Crippen LogP contribution < -0.4 is 4.74 Å². The van der Waals surface area contributed by atoms with Crippen LogP contribution >= 0.6 is 63.7 Å². The zero-order chi connectivity index (χ0) is 14.3. The van der Waals surface area contributed by atoms with E-state index in [1.807, 2.05) is 6.07 Å². The molecule has 0 saturated carbocycles. The van der Waals surface area contributed by atoms with Crippen LogP contribution in [0.15, 0.2) is 43.7 Å². The zero-order valence-electron chi connectivity index (χ0n) is 10.3. The average Bonchev–Trinajstić information content (AvgIpc) is 2.83. The maximum absolute atomic E-state index is 5.81. The molecule has 1 heterocycles. The first kappa shape index (κ1) is 15.1.